The van der Waals surface area contributed by atoms with E-state index in [4.69, 9.17) is 4.74 Å². The molecular formula is C10H18O. The summed E-state index contributed by atoms with van der Waals surface area (Å²) in [4.78, 5) is 0. The minimum atomic E-state index is 0.518. The lowest BCUT2D eigenvalue weighted by molar-refractivity contribution is 0.0368. The van der Waals surface area contributed by atoms with Crippen molar-refractivity contribution in [1.82, 2.24) is 0 Å². The normalized spacial score (nSPS) is 31.7. The Labute approximate surface area is 69.4 Å². The van der Waals surface area contributed by atoms with Gasteiger partial charge in [-0.2, -0.15) is 0 Å². The second kappa shape index (κ2) is 4.55. The monoisotopic (exact) mass is 154 g/mol. The van der Waals surface area contributed by atoms with E-state index in [1.807, 2.05) is 6.08 Å². The maximum atomic E-state index is 5.56. The molecule has 0 heterocycles. The molecule has 0 unspecified atom stereocenters. The van der Waals surface area contributed by atoms with Gasteiger partial charge in [-0.05, 0) is 31.6 Å². The molecule has 64 valence electrons. The summed E-state index contributed by atoms with van der Waals surface area (Å²) < 4.78 is 5.56. The molecule has 0 atom stereocenters. The van der Waals surface area contributed by atoms with Crippen molar-refractivity contribution in [2.45, 2.75) is 38.7 Å². The molecule has 0 bridgehead atoms. The first-order chi connectivity index (χ1) is 5.33. The van der Waals surface area contributed by atoms with Crippen LogP contribution in [0.4, 0.5) is 0 Å². The fourth-order valence-corrected chi connectivity index (χ4v) is 1.60. The third kappa shape index (κ3) is 3.06. The molecule has 11 heavy (non-hydrogen) atoms. The Morgan fingerprint density at radius 3 is 2.55 bits per heavy atom. The van der Waals surface area contributed by atoms with Gasteiger partial charge in [0.15, 0.2) is 0 Å². The molecule has 1 aliphatic rings. The van der Waals surface area contributed by atoms with Crippen LogP contribution in [-0.2, 0) is 4.74 Å². The minimum Gasteiger partial charge on any atom is -0.374 e. The van der Waals surface area contributed by atoms with Crippen LogP contribution in [0.5, 0.6) is 0 Å². The molecule has 1 heteroatoms. The highest BCUT2D eigenvalue weighted by atomic mass is 16.5. The lowest BCUT2D eigenvalue weighted by Crippen LogP contribution is -2.20. The summed E-state index contributed by atoms with van der Waals surface area (Å²) in [7, 11) is 0. The first kappa shape index (κ1) is 8.79. The Kier molecular flexibility index (Phi) is 3.64. The predicted octanol–water partition coefficient (Wildman–Crippen LogP) is 2.77. The Bertz CT molecular complexity index is 112. The zero-order valence-corrected chi connectivity index (χ0v) is 7.38. The van der Waals surface area contributed by atoms with Gasteiger partial charge in [0.2, 0.25) is 0 Å². The van der Waals surface area contributed by atoms with Crippen LogP contribution in [0, 0.1) is 5.92 Å². The molecule has 0 aromatic heterocycles. The molecule has 0 N–H and O–H groups in total. The molecule has 0 aliphatic heterocycles. The van der Waals surface area contributed by atoms with Crippen molar-refractivity contribution < 1.29 is 4.74 Å². The van der Waals surface area contributed by atoms with Crippen LogP contribution in [0.15, 0.2) is 12.7 Å². The van der Waals surface area contributed by atoms with Crippen LogP contribution in [0.1, 0.15) is 32.6 Å². The number of rotatable bonds is 3. The summed E-state index contributed by atoms with van der Waals surface area (Å²) in [5, 5.41) is 0. The van der Waals surface area contributed by atoms with Crippen molar-refractivity contribution in [1.29, 1.82) is 0 Å². The maximum absolute atomic E-state index is 5.56. The Balaban J connectivity index is 2.12. The van der Waals surface area contributed by atoms with Crippen molar-refractivity contribution >= 4 is 0 Å². The highest BCUT2D eigenvalue weighted by Crippen LogP contribution is 2.25. The van der Waals surface area contributed by atoms with Gasteiger partial charge in [-0.25, -0.2) is 0 Å². The fraction of sp³-hybridized carbons (Fsp3) is 0.800. The molecule has 1 saturated carbocycles. The van der Waals surface area contributed by atoms with Gasteiger partial charge in [-0.3, -0.25) is 0 Å². The summed E-state index contributed by atoms with van der Waals surface area (Å²) in [6.07, 6.45) is 7.51. The smallest absolute Gasteiger partial charge is 0.0648 e. The first-order valence-electron chi connectivity index (χ1n) is 4.55. The molecule has 0 radical (unpaired) electrons. The van der Waals surface area contributed by atoms with Gasteiger partial charge in [0.25, 0.3) is 0 Å². The molecule has 0 spiro atoms. The van der Waals surface area contributed by atoms with E-state index < -0.39 is 0 Å². The molecule has 1 nitrogen and oxygen atoms in total. The third-order valence-corrected chi connectivity index (χ3v) is 2.41. The van der Waals surface area contributed by atoms with Gasteiger partial charge < -0.3 is 4.74 Å². The average Bonchev–Trinajstić information content (AvgIpc) is 2.04. The zero-order chi connectivity index (χ0) is 8.10. The number of hydrogen-bond donors (Lipinski definition) is 0. The van der Waals surface area contributed by atoms with Gasteiger partial charge in [0, 0.05) is 0 Å². The molecule has 0 amide bonds. The lowest BCUT2D eigenvalue weighted by Gasteiger charge is -2.25. The van der Waals surface area contributed by atoms with Gasteiger partial charge in [0.05, 0.1) is 12.7 Å². The fourth-order valence-electron chi connectivity index (χ4n) is 1.60. The summed E-state index contributed by atoms with van der Waals surface area (Å²) >= 11 is 0. The zero-order valence-electron chi connectivity index (χ0n) is 7.38. The summed E-state index contributed by atoms with van der Waals surface area (Å²) in [6, 6.07) is 0. The quantitative estimate of drug-likeness (QED) is 0.568. The highest BCUT2D eigenvalue weighted by molar-refractivity contribution is 4.72. The van der Waals surface area contributed by atoms with Crippen molar-refractivity contribution in [3.8, 4) is 0 Å². The Hall–Kier alpha value is -0.300. The molecule has 1 aliphatic carbocycles. The highest BCUT2D eigenvalue weighted by Gasteiger charge is 2.17. The summed E-state index contributed by atoms with van der Waals surface area (Å²) in [6.45, 7) is 6.68. The number of ether oxygens (including phenoxy) is 1. The van der Waals surface area contributed by atoms with Gasteiger partial charge in [-0.1, -0.05) is 13.0 Å². The van der Waals surface area contributed by atoms with Crippen LogP contribution < -0.4 is 0 Å². The lowest BCUT2D eigenvalue weighted by atomic mass is 9.89. The molecule has 1 fully saturated rings. The van der Waals surface area contributed by atoms with E-state index >= 15 is 0 Å². The minimum absolute atomic E-state index is 0.518. The van der Waals surface area contributed by atoms with Crippen molar-refractivity contribution in [3.63, 3.8) is 0 Å². The maximum Gasteiger partial charge on any atom is 0.0648 e. The van der Waals surface area contributed by atoms with Crippen LogP contribution in [0.2, 0.25) is 0 Å². The average molecular weight is 154 g/mol. The van der Waals surface area contributed by atoms with Crippen molar-refractivity contribution in [2.75, 3.05) is 6.61 Å². The standard InChI is InChI=1S/C10H18O/c1-3-8-11-10-6-4-9(2)5-7-10/h3,9-10H,1,4-8H2,2H3/t9-,10+. The number of hydrogen-bond acceptors (Lipinski definition) is 1. The van der Waals surface area contributed by atoms with E-state index in [0.717, 1.165) is 12.5 Å². The van der Waals surface area contributed by atoms with Gasteiger partial charge in [0.1, 0.15) is 0 Å². The van der Waals surface area contributed by atoms with Gasteiger partial charge in [-0.15, -0.1) is 6.58 Å². The van der Waals surface area contributed by atoms with Crippen molar-refractivity contribution in [2.24, 2.45) is 5.92 Å². The van der Waals surface area contributed by atoms with E-state index in [1.54, 1.807) is 0 Å². The van der Waals surface area contributed by atoms with E-state index in [2.05, 4.69) is 13.5 Å². The first-order valence-corrected chi connectivity index (χ1v) is 4.55. The second-order valence-corrected chi connectivity index (χ2v) is 3.50. The van der Waals surface area contributed by atoms with E-state index in [-0.39, 0.29) is 0 Å². The van der Waals surface area contributed by atoms with Crippen LogP contribution in [0.25, 0.3) is 0 Å². The summed E-state index contributed by atoms with van der Waals surface area (Å²) in [5.74, 6) is 0.915. The largest absolute Gasteiger partial charge is 0.374 e. The van der Waals surface area contributed by atoms with Crippen molar-refractivity contribution in [3.05, 3.63) is 12.7 Å². The summed E-state index contributed by atoms with van der Waals surface area (Å²) in [5.41, 5.74) is 0. The molecule has 1 rings (SSSR count). The third-order valence-electron chi connectivity index (χ3n) is 2.41. The van der Waals surface area contributed by atoms with Gasteiger partial charge >= 0.3 is 0 Å². The van der Waals surface area contributed by atoms with Crippen LogP contribution in [0.3, 0.4) is 0 Å². The Morgan fingerprint density at radius 1 is 1.36 bits per heavy atom. The van der Waals surface area contributed by atoms with E-state index in [9.17, 15) is 0 Å². The SMILES string of the molecule is C=CCO[C@H]1CC[C@@H](C)CC1. The molecule has 0 saturated heterocycles. The van der Waals surface area contributed by atoms with E-state index in [1.165, 1.54) is 25.7 Å². The van der Waals surface area contributed by atoms with Crippen LogP contribution >= 0.6 is 0 Å². The predicted molar refractivity (Wildman–Crippen MR) is 47.6 cm³/mol. The molecule has 0 aromatic carbocycles. The topological polar surface area (TPSA) is 9.23 Å². The molecular weight excluding hydrogens is 136 g/mol. The molecule has 0 aromatic rings. The van der Waals surface area contributed by atoms with Crippen LogP contribution in [-0.4, -0.2) is 12.7 Å². The second-order valence-electron chi connectivity index (χ2n) is 3.50. The van der Waals surface area contributed by atoms with E-state index in [0.29, 0.717) is 6.10 Å². The Morgan fingerprint density at radius 2 is 2.00 bits per heavy atom.